The average molecular weight is 410 g/mol. The van der Waals surface area contributed by atoms with Crippen LogP contribution in [0.15, 0.2) is 33.6 Å². The van der Waals surface area contributed by atoms with Crippen LogP contribution in [-0.4, -0.2) is 8.42 Å². The molecule has 4 nitrogen and oxygen atoms in total. The minimum absolute atomic E-state index is 0.170. The highest BCUT2D eigenvalue weighted by Gasteiger charge is 2.22. The van der Waals surface area contributed by atoms with Gasteiger partial charge in [-0.25, -0.2) is 13.1 Å². The molecule has 0 saturated heterocycles. The van der Waals surface area contributed by atoms with Crippen molar-refractivity contribution < 1.29 is 8.42 Å². The molecule has 2 aromatic rings. The van der Waals surface area contributed by atoms with E-state index in [4.69, 9.17) is 17.3 Å². The minimum atomic E-state index is -3.67. The Kier molecular flexibility index (Phi) is 4.99. The molecule has 0 bridgehead atoms. The number of sulfonamides is 1. The molecule has 21 heavy (non-hydrogen) atoms. The molecule has 0 aliphatic rings. The van der Waals surface area contributed by atoms with Gasteiger partial charge in [0.15, 0.2) is 0 Å². The molecule has 0 spiro atoms. The SMILES string of the molecule is Cc1c(N)cc(Br)cc1S(=O)(=O)NC(C)c1ccc(Cl)s1. The normalized spacial score (nSPS) is 13.3. The van der Waals surface area contributed by atoms with Crippen molar-refractivity contribution in [1.82, 2.24) is 4.72 Å². The Morgan fingerprint density at radius 1 is 1.38 bits per heavy atom. The lowest BCUT2D eigenvalue weighted by Crippen LogP contribution is -2.27. The second kappa shape index (κ2) is 6.26. The van der Waals surface area contributed by atoms with Crippen molar-refractivity contribution in [2.24, 2.45) is 0 Å². The molecule has 2 rings (SSSR count). The lowest BCUT2D eigenvalue weighted by Gasteiger charge is -2.15. The van der Waals surface area contributed by atoms with Crippen LogP contribution in [-0.2, 0) is 10.0 Å². The van der Waals surface area contributed by atoms with Gasteiger partial charge in [-0.15, -0.1) is 11.3 Å². The standard InChI is InChI=1S/C13H14BrClN2O2S2/c1-7-10(16)5-9(14)6-12(7)21(18,19)17-8(2)11-3-4-13(15)20-11/h3-6,8,17H,16H2,1-2H3. The molecule has 0 radical (unpaired) electrons. The molecule has 0 saturated carbocycles. The van der Waals surface area contributed by atoms with Crippen molar-refractivity contribution in [3.8, 4) is 0 Å². The van der Waals surface area contributed by atoms with Gasteiger partial charge in [-0.2, -0.15) is 0 Å². The number of nitrogens with one attached hydrogen (secondary N) is 1. The van der Waals surface area contributed by atoms with E-state index in [1.807, 2.05) is 6.07 Å². The van der Waals surface area contributed by atoms with Crippen molar-refractivity contribution in [3.05, 3.63) is 43.5 Å². The highest BCUT2D eigenvalue weighted by Crippen LogP contribution is 2.30. The molecule has 8 heteroatoms. The van der Waals surface area contributed by atoms with E-state index in [0.717, 1.165) is 4.88 Å². The monoisotopic (exact) mass is 408 g/mol. The number of hydrogen-bond acceptors (Lipinski definition) is 4. The van der Waals surface area contributed by atoms with Gasteiger partial charge in [0.25, 0.3) is 0 Å². The van der Waals surface area contributed by atoms with E-state index < -0.39 is 10.0 Å². The van der Waals surface area contributed by atoms with Crippen LogP contribution in [0.25, 0.3) is 0 Å². The van der Waals surface area contributed by atoms with E-state index in [0.29, 0.717) is 20.1 Å². The molecule has 3 N–H and O–H groups in total. The summed E-state index contributed by atoms with van der Waals surface area (Å²) in [6, 6.07) is 6.41. The largest absolute Gasteiger partial charge is 0.398 e. The molecule has 1 heterocycles. The Morgan fingerprint density at radius 2 is 2.05 bits per heavy atom. The summed E-state index contributed by atoms with van der Waals surface area (Å²) in [5, 5.41) is 0. The van der Waals surface area contributed by atoms with Crippen LogP contribution in [0.1, 0.15) is 23.4 Å². The first kappa shape index (κ1) is 16.8. The van der Waals surface area contributed by atoms with Crippen LogP contribution in [0.4, 0.5) is 5.69 Å². The number of hydrogen-bond donors (Lipinski definition) is 2. The quantitative estimate of drug-likeness (QED) is 0.747. The first-order valence-electron chi connectivity index (χ1n) is 6.04. The maximum absolute atomic E-state index is 12.5. The molecule has 1 atom stereocenters. The van der Waals surface area contributed by atoms with Gasteiger partial charge in [0.05, 0.1) is 15.3 Å². The molecule has 1 aromatic carbocycles. The van der Waals surface area contributed by atoms with Gasteiger partial charge >= 0.3 is 0 Å². The smallest absolute Gasteiger partial charge is 0.241 e. The van der Waals surface area contributed by atoms with Crippen molar-refractivity contribution >= 4 is 54.6 Å². The average Bonchev–Trinajstić information content (AvgIpc) is 2.80. The second-order valence-corrected chi connectivity index (χ2v) is 8.95. The van der Waals surface area contributed by atoms with Gasteiger partial charge in [0.1, 0.15) is 0 Å². The highest BCUT2D eigenvalue weighted by atomic mass is 79.9. The summed E-state index contributed by atoms with van der Waals surface area (Å²) in [6.45, 7) is 3.46. The third-order valence-electron chi connectivity index (χ3n) is 3.01. The molecule has 0 aliphatic heterocycles. The zero-order valence-electron chi connectivity index (χ0n) is 11.4. The molecule has 0 amide bonds. The predicted molar refractivity (Wildman–Crippen MR) is 91.4 cm³/mol. The van der Waals surface area contributed by atoms with E-state index in [1.165, 1.54) is 11.3 Å². The van der Waals surface area contributed by atoms with Crippen molar-refractivity contribution in [2.45, 2.75) is 24.8 Å². The number of anilines is 1. The van der Waals surface area contributed by atoms with Gasteiger partial charge < -0.3 is 5.73 Å². The minimum Gasteiger partial charge on any atom is -0.398 e. The fraction of sp³-hybridized carbons (Fsp3) is 0.231. The zero-order chi connectivity index (χ0) is 15.8. The first-order valence-corrected chi connectivity index (χ1v) is 9.51. The molecule has 1 unspecified atom stereocenters. The molecule has 0 aliphatic carbocycles. The summed E-state index contributed by atoms with van der Waals surface area (Å²) in [6.07, 6.45) is 0. The van der Waals surface area contributed by atoms with Crippen molar-refractivity contribution in [1.29, 1.82) is 0 Å². The molecular formula is C13H14BrClN2O2S2. The van der Waals surface area contributed by atoms with Gasteiger partial charge in [0, 0.05) is 15.0 Å². The van der Waals surface area contributed by atoms with E-state index in [2.05, 4.69) is 20.7 Å². The Hall–Kier alpha value is -0.600. The van der Waals surface area contributed by atoms with Crippen molar-refractivity contribution in [3.63, 3.8) is 0 Å². The topological polar surface area (TPSA) is 72.2 Å². The summed E-state index contributed by atoms with van der Waals surface area (Å²) in [5.41, 5.74) is 6.78. The summed E-state index contributed by atoms with van der Waals surface area (Å²) >= 11 is 10.5. The number of nitrogens with two attached hydrogens (primary N) is 1. The number of benzene rings is 1. The van der Waals surface area contributed by atoms with Crippen LogP contribution < -0.4 is 10.5 Å². The lowest BCUT2D eigenvalue weighted by molar-refractivity contribution is 0.568. The number of thiophene rings is 1. The Labute approximate surface area is 141 Å². The molecule has 114 valence electrons. The molecule has 0 fully saturated rings. The van der Waals surface area contributed by atoms with Gasteiger partial charge in [0.2, 0.25) is 10.0 Å². The van der Waals surface area contributed by atoms with Crippen LogP contribution >= 0.6 is 38.9 Å². The summed E-state index contributed by atoms with van der Waals surface area (Å²) in [7, 11) is -3.67. The fourth-order valence-electron chi connectivity index (χ4n) is 1.87. The fourth-order valence-corrected chi connectivity index (χ4v) is 5.16. The summed E-state index contributed by atoms with van der Waals surface area (Å²) in [5.74, 6) is 0. The third kappa shape index (κ3) is 3.78. The van der Waals surface area contributed by atoms with Gasteiger partial charge in [-0.3, -0.25) is 0 Å². The van der Waals surface area contributed by atoms with Gasteiger partial charge in [-0.1, -0.05) is 27.5 Å². The van der Waals surface area contributed by atoms with Crippen LogP contribution in [0, 0.1) is 6.92 Å². The summed E-state index contributed by atoms with van der Waals surface area (Å²) in [4.78, 5) is 1.02. The van der Waals surface area contributed by atoms with E-state index in [9.17, 15) is 8.42 Å². The van der Waals surface area contributed by atoms with E-state index in [-0.39, 0.29) is 10.9 Å². The van der Waals surface area contributed by atoms with E-state index >= 15 is 0 Å². The second-order valence-electron chi connectivity index (χ2n) is 4.60. The number of halogens is 2. The highest BCUT2D eigenvalue weighted by molar-refractivity contribution is 9.10. The molecule has 1 aromatic heterocycles. The molecular weight excluding hydrogens is 396 g/mol. The van der Waals surface area contributed by atoms with Crippen LogP contribution in [0.2, 0.25) is 4.34 Å². The Morgan fingerprint density at radius 3 is 2.62 bits per heavy atom. The zero-order valence-corrected chi connectivity index (χ0v) is 15.3. The third-order valence-corrected chi connectivity index (χ3v) is 6.55. The predicted octanol–water partition coefficient (Wildman–Crippen LogP) is 4.09. The Balaban J connectivity index is 2.35. The first-order chi connectivity index (χ1) is 9.70. The van der Waals surface area contributed by atoms with Crippen LogP contribution in [0.5, 0.6) is 0 Å². The Bertz CT molecular complexity index is 774. The number of rotatable bonds is 4. The van der Waals surface area contributed by atoms with Crippen molar-refractivity contribution in [2.75, 3.05) is 5.73 Å². The number of nitrogen functional groups attached to an aromatic ring is 1. The lowest BCUT2D eigenvalue weighted by atomic mass is 10.2. The van der Waals surface area contributed by atoms with Gasteiger partial charge in [-0.05, 0) is 43.7 Å². The maximum atomic E-state index is 12.5. The summed E-state index contributed by atoms with van der Waals surface area (Å²) < 4.78 is 29.0. The maximum Gasteiger partial charge on any atom is 0.241 e. The van der Waals surface area contributed by atoms with E-state index in [1.54, 1.807) is 32.0 Å². The van der Waals surface area contributed by atoms with Crippen LogP contribution in [0.3, 0.4) is 0 Å².